The lowest BCUT2D eigenvalue weighted by Crippen LogP contribution is -2.43. The number of ether oxygens (including phenoxy) is 2. The van der Waals surface area contributed by atoms with Gasteiger partial charge in [0.1, 0.15) is 9.88 Å². The molecule has 1 N–H and O–H groups in total. The number of rotatable bonds is 5. The predicted octanol–water partition coefficient (Wildman–Crippen LogP) is 1.22. The molecule has 21 heavy (non-hydrogen) atoms. The van der Waals surface area contributed by atoms with Crippen molar-refractivity contribution in [2.45, 2.75) is 13.8 Å². The molecule has 1 aliphatic rings. The number of thiophene rings is 1. The van der Waals surface area contributed by atoms with Crippen LogP contribution < -0.4 is 4.72 Å². The summed E-state index contributed by atoms with van der Waals surface area (Å²) in [7, 11) is -3.62. The SMILES string of the molecule is CCOC(=O)c1sc(NS(=O)(=O)N2CCOCC2)cc1C. The highest BCUT2D eigenvalue weighted by atomic mass is 32.2. The quantitative estimate of drug-likeness (QED) is 0.819. The number of hydrogen-bond acceptors (Lipinski definition) is 6. The normalized spacial score (nSPS) is 16.7. The molecule has 7 nitrogen and oxygen atoms in total. The minimum Gasteiger partial charge on any atom is -0.462 e. The maximum absolute atomic E-state index is 12.2. The highest BCUT2D eigenvalue weighted by Gasteiger charge is 2.25. The molecule has 9 heteroatoms. The summed E-state index contributed by atoms with van der Waals surface area (Å²) in [6.07, 6.45) is 0. The van der Waals surface area contributed by atoms with Crippen molar-refractivity contribution in [3.63, 3.8) is 0 Å². The fourth-order valence-corrected chi connectivity index (χ4v) is 4.28. The zero-order valence-electron chi connectivity index (χ0n) is 11.9. The van der Waals surface area contributed by atoms with Crippen LogP contribution in [0.1, 0.15) is 22.2 Å². The summed E-state index contributed by atoms with van der Waals surface area (Å²) >= 11 is 1.08. The van der Waals surface area contributed by atoms with Crippen LogP contribution in [0, 0.1) is 6.92 Å². The number of esters is 1. The van der Waals surface area contributed by atoms with Gasteiger partial charge in [0.25, 0.3) is 0 Å². The Morgan fingerprint density at radius 1 is 1.48 bits per heavy atom. The van der Waals surface area contributed by atoms with Crippen molar-refractivity contribution in [2.24, 2.45) is 0 Å². The van der Waals surface area contributed by atoms with Gasteiger partial charge in [-0.15, -0.1) is 11.3 Å². The summed E-state index contributed by atoms with van der Waals surface area (Å²) in [6.45, 7) is 5.18. The largest absolute Gasteiger partial charge is 0.462 e. The molecule has 0 aromatic carbocycles. The fourth-order valence-electron chi connectivity index (χ4n) is 1.91. The molecule has 0 bridgehead atoms. The molecule has 118 valence electrons. The van der Waals surface area contributed by atoms with E-state index in [4.69, 9.17) is 9.47 Å². The van der Waals surface area contributed by atoms with E-state index in [1.54, 1.807) is 19.9 Å². The van der Waals surface area contributed by atoms with Gasteiger partial charge < -0.3 is 9.47 Å². The first-order valence-electron chi connectivity index (χ1n) is 6.57. The van der Waals surface area contributed by atoms with Crippen LogP contribution in [0.4, 0.5) is 5.00 Å². The van der Waals surface area contributed by atoms with E-state index in [2.05, 4.69) is 4.72 Å². The molecular formula is C12H18N2O5S2. The van der Waals surface area contributed by atoms with Crippen molar-refractivity contribution in [3.8, 4) is 0 Å². The Labute approximate surface area is 128 Å². The Morgan fingerprint density at radius 3 is 2.76 bits per heavy atom. The molecule has 2 heterocycles. The van der Waals surface area contributed by atoms with E-state index in [-0.39, 0.29) is 6.61 Å². The molecule has 0 aliphatic carbocycles. The monoisotopic (exact) mass is 334 g/mol. The van der Waals surface area contributed by atoms with Crippen molar-refractivity contribution >= 4 is 32.5 Å². The number of nitrogens with zero attached hydrogens (tertiary/aromatic N) is 1. The lowest BCUT2D eigenvalue weighted by atomic mass is 10.3. The minimum absolute atomic E-state index is 0.283. The smallest absolute Gasteiger partial charge is 0.348 e. The van der Waals surface area contributed by atoms with Gasteiger partial charge in [-0.25, -0.2) is 4.79 Å². The van der Waals surface area contributed by atoms with Gasteiger partial charge in [0.2, 0.25) is 0 Å². The van der Waals surface area contributed by atoms with Gasteiger partial charge in [-0.1, -0.05) is 0 Å². The topological polar surface area (TPSA) is 84.9 Å². The van der Waals surface area contributed by atoms with Gasteiger partial charge >= 0.3 is 16.2 Å². The Balaban J connectivity index is 2.12. The maximum Gasteiger partial charge on any atom is 0.348 e. The molecule has 1 aromatic rings. The molecule has 2 rings (SSSR count). The molecule has 1 fully saturated rings. The second kappa shape index (κ2) is 6.73. The second-order valence-corrected chi connectivity index (χ2v) is 7.18. The first kappa shape index (κ1) is 16.2. The lowest BCUT2D eigenvalue weighted by Gasteiger charge is -2.25. The molecule has 0 spiro atoms. The van der Waals surface area contributed by atoms with Crippen molar-refractivity contribution in [2.75, 3.05) is 37.6 Å². The summed E-state index contributed by atoms with van der Waals surface area (Å²) in [6, 6.07) is 1.63. The summed E-state index contributed by atoms with van der Waals surface area (Å²) in [5.74, 6) is -0.433. The summed E-state index contributed by atoms with van der Waals surface area (Å²) in [4.78, 5) is 12.1. The van der Waals surface area contributed by atoms with Crippen LogP contribution in [0.2, 0.25) is 0 Å². The van der Waals surface area contributed by atoms with Crippen LogP contribution in [-0.2, 0) is 19.7 Å². The molecule has 0 saturated carbocycles. The molecular weight excluding hydrogens is 316 g/mol. The number of carbonyl (C=O) groups is 1. The summed E-state index contributed by atoms with van der Waals surface area (Å²) in [5, 5.41) is 0.405. The van der Waals surface area contributed by atoms with Crippen LogP contribution in [0.5, 0.6) is 0 Å². The fraction of sp³-hybridized carbons (Fsp3) is 0.583. The average Bonchev–Trinajstić information content (AvgIpc) is 2.80. The number of hydrogen-bond donors (Lipinski definition) is 1. The van der Waals surface area contributed by atoms with Gasteiger partial charge in [0.05, 0.1) is 19.8 Å². The van der Waals surface area contributed by atoms with Crippen LogP contribution in [0.25, 0.3) is 0 Å². The lowest BCUT2D eigenvalue weighted by molar-refractivity contribution is 0.0531. The van der Waals surface area contributed by atoms with Gasteiger partial charge in [0, 0.05) is 13.1 Å². The predicted molar refractivity (Wildman–Crippen MR) is 79.9 cm³/mol. The Bertz CT molecular complexity index is 605. The minimum atomic E-state index is -3.62. The van der Waals surface area contributed by atoms with E-state index in [0.29, 0.717) is 41.7 Å². The third kappa shape index (κ3) is 3.94. The number of nitrogens with one attached hydrogen (secondary N) is 1. The standard InChI is InChI=1S/C12H18N2O5S2/c1-3-19-12(15)11-9(2)8-10(20-11)13-21(16,17)14-4-6-18-7-5-14/h8,13H,3-7H2,1-2H3. The Hall–Kier alpha value is -1.16. The molecule has 0 radical (unpaired) electrons. The van der Waals surface area contributed by atoms with Gasteiger partial charge in [0.15, 0.2) is 0 Å². The van der Waals surface area contributed by atoms with Crippen molar-refractivity contribution in [1.29, 1.82) is 0 Å². The molecule has 1 aliphatic heterocycles. The molecule has 0 atom stereocenters. The highest BCUT2D eigenvalue weighted by Crippen LogP contribution is 2.28. The van der Waals surface area contributed by atoms with E-state index in [1.807, 2.05) is 0 Å². The van der Waals surface area contributed by atoms with E-state index in [0.717, 1.165) is 11.3 Å². The van der Waals surface area contributed by atoms with Crippen LogP contribution in [-0.4, -0.2) is 51.6 Å². The zero-order valence-corrected chi connectivity index (χ0v) is 13.6. The number of morpholine rings is 1. The van der Waals surface area contributed by atoms with Crippen LogP contribution >= 0.6 is 11.3 Å². The maximum atomic E-state index is 12.2. The van der Waals surface area contributed by atoms with Crippen LogP contribution in [0.3, 0.4) is 0 Å². The third-order valence-electron chi connectivity index (χ3n) is 2.92. The molecule has 0 unspecified atom stereocenters. The van der Waals surface area contributed by atoms with Gasteiger partial charge in [-0.3, -0.25) is 4.72 Å². The second-order valence-electron chi connectivity index (χ2n) is 4.46. The van der Waals surface area contributed by atoms with Crippen molar-refractivity contribution in [1.82, 2.24) is 4.31 Å². The van der Waals surface area contributed by atoms with Gasteiger partial charge in [-0.05, 0) is 25.5 Å². The van der Waals surface area contributed by atoms with E-state index < -0.39 is 16.2 Å². The average molecular weight is 334 g/mol. The zero-order chi connectivity index (χ0) is 15.5. The Kier molecular flexibility index (Phi) is 5.20. The summed E-state index contributed by atoms with van der Waals surface area (Å²) in [5.41, 5.74) is 0.693. The first-order valence-corrected chi connectivity index (χ1v) is 8.83. The van der Waals surface area contributed by atoms with Crippen molar-refractivity contribution in [3.05, 3.63) is 16.5 Å². The van der Waals surface area contributed by atoms with E-state index >= 15 is 0 Å². The number of carbonyl (C=O) groups excluding carboxylic acids is 1. The van der Waals surface area contributed by atoms with E-state index in [9.17, 15) is 13.2 Å². The first-order chi connectivity index (χ1) is 9.94. The third-order valence-corrected chi connectivity index (χ3v) is 5.70. The van der Waals surface area contributed by atoms with Crippen LogP contribution in [0.15, 0.2) is 6.07 Å². The summed E-state index contributed by atoms with van der Waals surface area (Å²) < 4.78 is 38.3. The Morgan fingerprint density at radius 2 is 2.14 bits per heavy atom. The van der Waals surface area contributed by atoms with E-state index in [1.165, 1.54) is 4.31 Å². The van der Waals surface area contributed by atoms with Crippen molar-refractivity contribution < 1.29 is 22.7 Å². The number of anilines is 1. The highest BCUT2D eigenvalue weighted by molar-refractivity contribution is 7.90. The number of aryl methyl sites for hydroxylation is 1. The van der Waals surface area contributed by atoms with Gasteiger partial charge in [-0.2, -0.15) is 12.7 Å². The molecule has 0 amide bonds. The molecule has 1 aromatic heterocycles. The molecule has 1 saturated heterocycles.